The van der Waals surface area contributed by atoms with Crippen molar-refractivity contribution in [1.82, 2.24) is 4.90 Å². The topological polar surface area (TPSA) is 60.9 Å². The van der Waals surface area contributed by atoms with Gasteiger partial charge in [0.2, 0.25) is 11.8 Å². The number of carbonyl (C=O) groups excluding carboxylic acids is 3. The minimum absolute atomic E-state index is 0.0247. The van der Waals surface area contributed by atoms with Gasteiger partial charge >= 0.3 is 0 Å². The number of hydrogen-bond acceptors (Lipinski definition) is 3. The number of fused-ring (bicyclic) bond motifs is 1. The summed E-state index contributed by atoms with van der Waals surface area (Å²) >= 11 is 0. The third kappa shape index (κ3) is 3.82. The van der Waals surface area contributed by atoms with E-state index in [4.69, 9.17) is 0 Å². The van der Waals surface area contributed by atoms with Crippen molar-refractivity contribution in [3.63, 3.8) is 0 Å². The maximum atomic E-state index is 13.5. The van der Waals surface area contributed by atoms with Crippen LogP contribution in [0.4, 0.5) is 11.4 Å². The standard InChI is InChI=1S/C24H27N3O3/c1-17(28)25-13-11-21(12-14-25)27(24(30)19-6-4-3-5-7-19)22-8-9-23-20(16-22)10-15-26(23)18(2)29/h3-9,16,21H,10-15H2,1-2H3. The van der Waals surface area contributed by atoms with Gasteiger partial charge in [-0.05, 0) is 55.2 Å². The number of carbonyl (C=O) groups is 3. The smallest absolute Gasteiger partial charge is 0.258 e. The lowest BCUT2D eigenvalue weighted by atomic mass is 10.00. The van der Waals surface area contributed by atoms with Gasteiger partial charge in [-0.3, -0.25) is 14.4 Å². The van der Waals surface area contributed by atoms with Gasteiger partial charge in [-0.25, -0.2) is 0 Å². The number of piperidine rings is 1. The molecule has 0 N–H and O–H groups in total. The van der Waals surface area contributed by atoms with Crippen LogP contribution in [0.1, 0.15) is 42.6 Å². The zero-order chi connectivity index (χ0) is 21.3. The first-order chi connectivity index (χ1) is 14.5. The van der Waals surface area contributed by atoms with Gasteiger partial charge in [-0.2, -0.15) is 0 Å². The average molecular weight is 405 g/mol. The molecule has 0 bridgehead atoms. The average Bonchev–Trinajstić information content (AvgIpc) is 3.18. The Bertz CT molecular complexity index is 965. The maximum Gasteiger partial charge on any atom is 0.258 e. The van der Waals surface area contributed by atoms with Gasteiger partial charge in [0.25, 0.3) is 5.91 Å². The molecule has 2 aromatic carbocycles. The lowest BCUT2D eigenvalue weighted by Gasteiger charge is -2.38. The molecular formula is C24H27N3O3. The summed E-state index contributed by atoms with van der Waals surface area (Å²) < 4.78 is 0. The van der Waals surface area contributed by atoms with Crippen LogP contribution in [0.3, 0.4) is 0 Å². The fraction of sp³-hybridized carbons (Fsp3) is 0.375. The zero-order valence-corrected chi connectivity index (χ0v) is 17.5. The fourth-order valence-corrected chi connectivity index (χ4v) is 4.52. The quantitative estimate of drug-likeness (QED) is 0.788. The summed E-state index contributed by atoms with van der Waals surface area (Å²) in [4.78, 5) is 42.6. The molecule has 156 valence electrons. The Morgan fingerprint density at radius 1 is 0.900 bits per heavy atom. The van der Waals surface area contributed by atoms with Gasteiger partial charge in [0, 0.05) is 56.5 Å². The van der Waals surface area contributed by atoms with E-state index in [1.54, 1.807) is 18.7 Å². The first kappa shape index (κ1) is 20.1. The highest BCUT2D eigenvalue weighted by atomic mass is 16.2. The number of benzene rings is 2. The number of rotatable bonds is 3. The van der Waals surface area contributed by atoms with Gasteiger partial charge in [-0.15, -0.1) is 0 Å². The number of anilines is 2. The Morgan fingerprint density at radius 2 is 1.60 bits per heavy atom. The van der Waals surface area contributed by atoms with Crippen LogP contribution in [-0.2, 0) is 16.0 Å². The Labute approximate surface area is 177 Å². The molecule has 30 heavy (non-hydrogen) atoms. The highest BCUT2D eigenvalue weighted by Crippen LogP contribution is 2.34. The molecule has 1 fully saturated rings. The zero-order valence-electron chi connectivity index (χ0n) is 17.5. The summed E-state index contributed by atoms with van der Waals surface area (Å²) in [5, 5.41) is 0. The molecule has 0 saturated carbocycles. The number of hydrogen-bond donors (Lipinski definition) is 0. The third-order valence-corrected chi connectivity index (χ3v) is 6.13. The molecule has 3 amide bonds. The van der Waals surface area contributed by atoms with Gasteiger partial charge in [-0.1, -0.05) is 18.2 Å². The summed E-state index contributed by atoms with van der Waals surface area (Å²) in [5.74, 6) is 0.0878. The first-order valence-electron chi connectivity index (χ1n) is 10.5. The minimum atomic E-state index is -0.0294. The molecule has 0 unspecified atom stereocenters. The first-order valence-corrected chi connectivity index (χ1v) is 10.5. The summed E-state index contributed by atoms with van der Waals surface area (Å²) in [6.07, 6.45) is 2.28. The third-order valence-electron chi connectivity index (χ3n) is 6.13. The second-order valence-corrected chi connectivity index (χ2v) is 8.01. The normalized spacial score (nSPS) is 16.3. The number of nitrogens with zero attached hydrogens (tertiary/aromatic N) is 3. The molecule has 2 heterocycles. The molecule has 0 aromatic heterocycles. The van der Waals surface area contributed by atoms with Crippen molar-refractivity contribution in [2.75, 3.05) is 29.4 Å². The van der Waals surface area contributed by atoms with Gasteiger partial charge < -0.3 is 14.7 Å². The summed E-state index contributed by atoms with van der Waals surface area (Å²) in [5.41, 5.74) is 3.53. The summed E-state index contributed by atoms with van der Waals surface area (Å²) in [7, 11) is 0. The Balaban J connectivity index is 1.67. The molecule has 0 spiro atoms. The Hall–Kier alpha value is -3.15. The second-order valence-electron chi connectivity index (χ2n) is 8.01. The van der Waals surface area contributed by atoms with Crippen LogP contribution in [0.5, 0.6) is 0 Å². The van der Waals surface area contributed by atoms with E-state index in [0.717, 1.165) is 36.2 Å². The van der Waals surface area contributed by atoms with Crippen LogP contribution in [0, 0.1) is 0 Å². The van der Waals surface area contributed by atoms with Crippen LogP contribution >= 0.6 is 0 Å². The minimum Gasteiger partial charge on any atom is -0.343 e. The van der Waals surface area contributed by atoms with Crippen molar-refractivity contribution in [2.24, 2.45) is 0 Å². The van der Waals surface area contributed by atoms with E-state index >= 15 is 0 Å². The van der Waals surface area contributed by atoms with Crippen molar-refractivity contribution < 1.29 is 14.4 Å². The highest BCUT2D eigenvalue weighted by molar-refractivity contribution is 6.07. The maximum absolute atomic E-state index is 13.5. The predicted molar refractivity (Wildman–Crippen MR) is 117 cm³/mol. The predicted octanol–water partition coefficient (Wildman–Crippen LogP) is 3.25. The van der Waals surface area contributed by atoms with Crippen LogP contribution in [0.25, 0.3) is 0 Å². The van der Waals surface area contributed by atoms with E-state index in [1.807, 2.05) is 52.3 Å². The SMILES string of the molecule is CC(=O)N1CCC(N(C(=O)c2ccccc2)c2ccc3c(c2)CCN3C(C)=O)CC1. The van der Waals surface area contributed by atoms with Crippen molar-refractivity contribution >= 4 is 29.1 Å². The largest absolute Gasteiger partial charge is 0.343 e. The van der Waals surface area contributed by atoms with E-state index < -0.39 is 0 Å². The van der Waals surface area contributed by atoms with Crippen LogP contribution in [-0.4, -0.2) is 48.3 Å². The number of amides is 3. The van der Waals surface area contributed by atoms with Crippen LogP contribution in [0.2, 0.25) is 0 Å². The van der Waals surface area contributed by atoms with Crippen LogP contribution < -0.4 is 9.80 Å². The molecule has 0 atom stereocenters. The molecule has 0 aliphatic carbocycles. The van der Waals surface area contributed by atoms with Crippen molar-refractivity contribution in [3.05, 3.63) is 59.7 Å². The molecular weight excluding hydrogens is 378 g/mol. The van der Waals surface area contributed by atoms with E-state index in [-0.39, 0.29) is 23.8 Å². The summed E-state index contributed by atoms with van der Waals surface area (Å²) in [6, 6.07) is 15.3. The second kappa shape index (κ2) is 8.30. The van der Waals surface area contributed by atoms with Gasteiger partial charge in [0.15, 0.2) is 0 Å². The molecule has 0 radical (unpaired) electrons. The molecule has 4 rings (SSSR count). The fourth-order valence-electron chi connectivity index (χ4n) is 4.52. The van der Waals surface area contributed by atoms with Gasteiger partial charge in [0.1, 0.15) is 0 Å². The monoisotopic (exact) mass is 405 g/mol. The molecule has 2 aliphatic heterocycles. The Kier molecular flexibility index (Phi) is 5.57. The Morgan fingerprint density at radius 3 is 2.23 bits per heavy atom. The van der Waals surface area contributed by atoms with E-state index in [2.05, 4.69) is 6.07 Å². The number of likely N-dealkylation sites (tertiary alicyclic amines) is 1. The van der Waals surface area contributed by atoms with E-state index in [0.29, 0.717) is 25.2 Å². The molecule has 1 saturated heterocycles. The summed E-state index contributed by atoms with van der Waals surface area (Å²) in [6.45, 7) is 5.16. The highest BCUT2D eigenvalue weighted by Gasteiger charge is 2.32. The molecule has 6 heteroatoms. The van der Waals surface area contributed by atoms with Crippen molar-refractivity contribution in [3.8, 4) is 0 Å². The van der Waals surface area contributed by atoms with E-state index in [1.165, 1.54) is 0 Å². The van der Waals surface area contributed by atoms with Crippen LogP contribution in [0.15, 0.2) is 48.5 Å². The molecule has 6 nitrogen and oxygen atoms in total. The van der Waals surface area contributed by atoms with Gasteiger partial charge in [0.05, 0.1) is 0 Å². The van der Waals surface area contributed by atoms with Crippen molar-refractivity contribution in [1.29, 1.82) is 0 Å². The lowest BCUT2D eigenvalue weighted by Crippen LogP contribution is -2.48. The lowest BCUT2D eigenvalue weighted by molar-refractivity contribution is -0.129. The molecule has 2 aromatic rings. The molecule has 2 aliphatic rings. The van der Waals surface area contributed by atoms with E-state index in [9.17, 15) is 14.4 Å². The van der Waals surface area contributed by atoms with Crippen molar-refractivity contribution in [2.45, 2.75) is 39.2 Å².